The van der Waals surface area contributed by atoms with Crippen LogP contribution in [-0.4, -0.2) is 15.2 Å². The number of para-hydroxylation sites is 1. The summed E-state index contributed by atoms with van der Waals surface area (Å²) in [6.45, 7) is 0. The number of nitrogens with zero attached hydrogens (tertiary/aromatic N) is 5. The van der Waals surface area contributed by atoms with Gasteiger partial charge < -0.3 is 14.4 Å². The lowest BCUT2D eigenvalue weighted by atomic mass is 10.1. The van der Waals surface area contributed by atoms with Crippen molar-refractivity contribution in [2.45, 2.75) is 0 Å². The normalized spacial score (nSPS) is 10.3. The van der Waals surface area contributed by atoms with E-state index in [1.807, 2.05) is 18.2 Å². The van der Waals surface area contributed by atoms with Gasteiger partial charge in [0.1, 0.15) is 17.2 Å². The van der Waals surface area contributed by atoms with Crippen molar-refractivity contribution in [3.8, 4) is 40.1 Å². The zero-order valence-electron chi connectivity index (χ0n) is 14.4. The van der Waals surface area contributed by atoms with Gasteiger partial charge in [0.2, 0.25) is 5.82 Å². The number of aromatic hydroxyl groups is 1. The van der Waals surface area contributed by atoms with Gasteiger partial charge in [0.15, 0.2) is 0 Å². The van der Waals surface area contributed by atoms with Gasteiger partial charge in [-0.2, -0.15) is 4.98 Å². The van der Waals surface area contributed by atoms with Crippen LogP contribution in [0.1, 0.15) is 0 Å². The highest BCUT2D eigenvalue weighted by atomic mass is 16.5. The molecule has 0 aliphatic rings. The van der Waals surface area contributed by atoms with Crippen LogP contribution in [0.2, 0.25) is 0 Å². The van der Waals surface area contributed by atoms with Gasteiger partial charge in [-0.05, 0) is 60.1 Å². The van der Waals surface area contributed by atoms with Gasteiger partial charge in [-0.3, -0.25) is 0 Å². The molecule has 0 spiro atoms. The number of benzene rings is 3. The highest BCUT2D eigenvalue weighted by molar-refractivity contribution is 5.67. The number of azide groups is 1. The Morgan fingerprint density at radius 3 is 2.46 bits per heavy atom. The van der Waals surface area contributed by atoms with E-state index in [9.17, 15) is 5.11 Å². The van der Waals surface area contributed by atoms with Crippen molar-refractivity contribution in [1.82, 2.24) is 10.1 Å². The molecular formula is C20H13N5O3. The first-order valence-electron chi connectivity index (χ1n) is 8.28. The second kappa shape index (κ2) is 7.53. The van der Waals surface area contributed by atoms with E-state index in [1.165, 1.54) is 12.1 Å². The molecule has 1 N–H and O–H groups in total. The Morgan fingerprint density at radius 1 is 0.964 bits per heavy atom. The van der Waals surface area contributed by atoms with Crippen molar-refractivity contribution in [2.24, 2.45) is 5.11 Å². The number of hydrogen-bond acceptors (Lipinski definition) is 6. The molecule has 8 nitrogen and oxygen atoms in total. The number of aromatic nitrogens is 2. The van der Waals surface area contributed by atoms with Crippen LogP contribution >= 0.6 is 0 Å². The summed E-state index contributed by atoms with van der Waals surface area (Å²) in [5, 5.41) is 17.1. The maximum Gasteiger partial charge on any atom is 0.258 e. The molecule has 0 amide bonds. The smallest absolute Gasteiger partial charge is 0.258 e. The Kier molecular flexibility index (Phi) is 4.61. The summed E-state index contributed by atoms with van der Waals surface area (Å²) in [6, 6.07) is 20.7. The minimum atomic E-state index is 0.150. The monoisotopic (exact) mass is 371 g/mol. The van der Waals surface area contributed by atoms with Gasteiger partial charge in [0, 0.05) is 16.0 Å². The van der Waals surface area contributed by atoms with E-state index < -0.39 is 0 Å². The maximum absolute atomic E-state index is 9.38. The van der Waals surface area contributed by atoms with Crippen molar-refractivity contribution >= 4 is 5.69 Å². The van der Waals surface area contributed by atoms with Crippen molar-refractivity contribution in [3.05, 3.63) is 83.2 Å². The lowest BCUT2D eigenvalue weighted by Crippen LogP contribution is -1.86. The molecular weight excluding hydrogens is 358 g/mol. The minimum absolute atomic E-state index is 0.150. The average molecular weight is 371 g/mol. The standard InChI is InChI=1S/C20H13N5O3/c21-25-23-17-12-14(8-11-18(17)27-16-4-2-1-3-5-16)19-22-20(28-24-19)13-6-9-15(26)10-7-13/h1-12,26H. The minimum Gasteiger partial charge on any atom is -0.508 e. The Labute approximate surface area is 159 Å². The fraction of sp³-hybridized carbons (Fsp3) is 0. The van der Waals surface area contributed by atoms with Gasteiger partial charge in [0.05, 0.1) is 5.69 Å². The molecule has 1 heterocycles. The topological polar surface area (TPSA) is 117 Å². The van der Waals surface area contributed by atoms with Crippen molar-refractivity contribution in [3.63, 3.8) is 0 Å². The molecule has 4 aromatic rings. The third-order valence-corrected chi connectivity index (χ3v) is 3.88. The Morgan fingerprint density at radius 2 is 1.71 bits per heavy atom. The molecule has 4 rings (SSSR count). The summed E-state index contributed by atoms with van der Waals surface area (Å²) in [6.07, 6.45) is 0. The number of rotatable bonds is 5. The molecule has 0 unspecified atom stereocenters. The van der Waals surface area contributed by atoms with Gasteiger partial charge in [-0.1, -0.05) is 28.5 Å². The number of phenols is 1. The van der Waals surface area contributed by atoms with E-state index in [0.29, 0.717) is 40.0 Å². The third-order valence-electron chi connectivity index (χ3n) is 3.88. The SMILES string of the molecule is [N-]=[N+]=Nc1cc(-c2noc(-c3ccc(O)cc3)n2)ccc1Oc1ccccc1. The molecule has 0 bridgehead atoms. The molecule has 28 heavy (non-hydrogen) atoms. The zero-order valence-corrected chi connectivity index (χ0v) is 14.4. The van der Waals surface area contributed by atoms with Crippen molar-refractivity contribution in [1.29, 1.82) is 0 Å². The fourth-order valence-corrected chi connectivity index (χ4v) is 2.55. The summed E-state index contributed by atoms with van der Waals surface area (Å²) < 4.78 is 11.1. The second-order valence-corrected chi connectivity index (χ2v) is 5.76. The van der Waals surface area contributed by atoms with E-state index >= 15 is 0 Å². The molecule has 3 aromatic carbocycles. The first-order chi connectivity index (χ1) is 13.7. The highest BCUT2D eigenvalue weighted by Gasteiger charge is 2.13. The third kappa shape index (κ3) is 3.62. The molecule has 0 aliphatic heterocycles. The fourth-order valence-electron chi connectivity index (χ4n) is 2.55. The molecule has 0 aliphatic carbocycles. The van der Waals surface area contributed by atoms with E-state index in [0.717, 1.165) is 0 Å². The number of phenolic OH excluding ortho intramolecular Hbond substituents is 1. The molecule has 8 heteroatoms. The predicted octanol–water partition coefficient (Wildman–Crippen LogP) is 5.84. The molecule has 136 valence electrons. The molecule has 1 aromatic heterocycles. The summed E-state index contributed by atoms with van der Waals surface area (Å²) in [5.41, 5.74) is 10.5. The van der Waals surface area contributed by atoms with Crippen molar-refractivity contribution in [2.75, 3.05) is 0 Å². The quantitative estimate of drug-likeness (QED) is 0.268. The summed E-state index contributed by atoms with van der Waals surface area (Å²) in [4.78, 5) is 7.22. The largest absolute Gasteiger partial charge is 0.508 e. The summed E-state index contributed by atoms with van der Waals surface area (Å²) >= 11 is 0. The van der Waals surface area contributed by atoms with Crippen LogP contribution in [0.5, 0.6) is 17.2 Å². The Bertz CT molecular complexity index is 1150. The average Bonchev–Trinajstić information content (AvgIpc) is 3.21. The summed E-state index contributed by atoms with van der Waals surface area (Å²) in [7, 11) is 0. The number of hydrogen-bond donors (Lipinski definition) is 1. The van der Waals surface area contributed by atoms with Crippen LogP contribution in [0.25, 0.3) is 33.3 Å². The first kappa shape index (κ1) is 17.1. The molecule has 0 saturated heterocycles. The maximum atomic E-state index is 9.38. The van der Waals surface area contributed by atoms with E-state index in [4.69, 9.17) is 14.8 Å². The van der Waals surface area contributed by atoms with Gasteiger partial charge >= 0.3 is 0 Å². The first-order valence-corrected chi connectivity index (χ1v) is 8.28. The molecule has 0 fully saturated rings. The molecule has 0 atom stereocenters. The van der Waals surface area contributed by atoms with Crippen LogP contribution in [0.15, 0.2) is 82.4 Å². The van der Waals surface area contributed by atoms with E-state index in [-0.39, 0.29) is 5.75 Å². The van der Waals surface area contributed by atoms with Crippen LogP contribution in [0.4, 0.5) is 5.69 Å². The second-order valence-electron chi connectivity index (χ2n) is 5.76. The van der Waals surface area contributed by atoms with Crippen LogP contribution in [0.3, 0.4) is 0 Å². The highest BCUT2D eigenvalue weighted by Crippen LogP contribution is 2.35. The van der Waals surface area contributed by atoms with Gasteiger partial charge in [0.25, 0.3) is 5.89 Å². The van der Waals surface area contributed by atoms with E-state index in [1.54, 1.807) is 42.5 Å². The lowest BCUT2D eigenvalue weighted by molar-refractivity contribution is 0.432. The van der Waals surface area contributed by atoms with Gasteiger partial charge in [-0.25, -0.2) is 0 Å². The molecule has 0 radical (unpaired) electrons. The lowest BCUT2D eigenvalue weighted by Gasteiger charge is -2.08. The zero-order chi connectivity index (χ0) is 19.3. The Hall–Kier alpha value is -4.29. The van der Waals surface area contributed by atoms with Crippen LogP contribution in [0, 0.1) is 0 Å². The molecule has 0 saturated carbocycles. The predicted molar refractivity (Wildman–Crippen MR) is 102 cm³/mol. The van der Waals surface area contributed by atoms with Crippen LogP contribution in [-0.2, 0) is 0 Å². The summed E-state index contributed by atoms with van der Waals surface area (Å²) in [5.74, 6) is 1.83. The Balaban J connectivity index is 1.66. The van der Waals surface area contributed by atoms with Crippen molar-refractivity contribution < 1.29 is 14.4 Å². The van der Waals surface area contributed by atoms with Gasteiger partial charge in [-0.15, -0.1) is 0 Å². The van der Waals surface area contributed by atoms with Crippen LogP contribution < -0.4 is 4.74 Å². The number of ether oxygens (including phenoxy) is 1. The van der Waals surface area contributed by atoms with E-state index in [2.05, 4.69) is 20.2 Å².